The highest BCUT2D eigenvalue weighted by molar-refractivity contribution is 14.0. The summed E-state index contributed by atoms with van der Waals surface area (Å²) < 4.78 is 0. The lowest BCUT2D eigenvalue weighted by Crippen LogP contribution is -2.36. The Morgan fingerprint density at radius 1 is 1.19 bits per heavy atom. The molecule has 148 valence electrons. The normalized spacial score (nSPS) is 10.9. The first kappa shape index (κ1) is 23.4. The smallest absolute Gasteiger partial charge is 0.253 e. The number of nitrogens with one attached hydrogen (secondary N) is 2. The molecule has 1 aromatic heterocycles. The number of thiazole rings is 1. The molecule has 2 N–H and O–H groups in total. The fourth-order valence-corrected chi connectivity index (χ4v) is 3.30. The third-order valence-corrected chi connectivity index (χ3v) is 4.86. The number of halogens is 1. The summed E-state index contributed by atoms with van der Waals surface area (Å²) in [7, 11) is 3.50. The lowest BCUT2D eigenvalue weighted by atomic mass is 10.1. The third kappa shape index (κ3) is 7.10. The number of aliphatic imine (C=N–C) groups is 1. The molecule has 0 spiro atoms. The molecule has 0 saturated carbocycles. The second kappa shape index (κ2) is 11.2. The van der Waals surface area contributed by atoms with E-state index in [-0.39, 0.29) is 29.9 Å². The highest BCUT2D eigenvalue weighted by Crippen LogP contribution is 2.16. The Labute approximate surface area is 182 Å². The first-order valence-electron chi connectivity index (χ1n) is 8.66. The summed E-state index contributed by atoms with van der Waals surface area (Å²) in [6.45, 7) is 8.14. The molecule has 6 nitrogen and oxygen atoms in total. The van der Waals surface area contributed by atoms with Crippen LogP contribution >= 0.6 is 35.3 Å². The first-order chi connectivity index (χ1) is 12.4. The third-order valence-electron chi connectivity index (χ3n) is 3.79. The standard InChI is InChI=1S/C19H27N5OS.HI/c1-6-20-19(22-12-17-13(2)23-14(3)26-17)21-11-15-7-9-16(10-8-15)18(25)24(4)5;/h7-10H,6,11-12H2,1-5H3,(H2,20,21,22);1H. The van der Waals surface area contributed by atoms with Gasteiger partial charge in [0.25, 0.3) is 5.91 Å². The molecule has 27 heavy (non-hydrogen) atoms. The molecule has 0 aliphatic rings. The molecular formula is C19H28IN5OS. The van der Waals surface area contributed by atoms with E-state index in [9.17, 15) is 4.79 Å². The van der Waals surface area contributed by atoms with Gasteiger partial charge in [-0.2, -0.15) is 0 Å². The average molecular weight is 501 g/mol. The van der Waals surface area contributed by atoms with E-state index >= 15 is 0 Å². The van der Waals surface area contributed by atoms with E-state index in [4.69, 9.17) is 0 Å². The Kier molecular flexibility index (Phi) is 9.71. The van der Waals surface area contributed by atoms with Crippen molar-refractivity contribution in [3.8, 4) is 0 Å². The molecule has 8 heteroatoms. The van der Waals surface area contributed by atoms with Crippen LogP contribution in [0, 0.1) is 13.8 Å². The lowest BCUT2D eigenvalue weighted by molar-refractivity contribution is 0.0827. The number of nitrogens with zero attached hydrogens (tertiary/aromatic N) is 3. The number of aryl methyl sites for hydroxylation is 2. The molecular weight excluding hydrogens is 473 g/mol. The molecule has 1 aromatic carbocycles. The van der Waals surface area contributed by atoms with E-state index < -0.39 is 0 Å². The molecule has 2 rings (SSSR count). The SMILES string of the molecule is CCNC(=NCc1ccc(C(=O)N(C)C)cc1)NCc1sc(C)nc1C.I. The molecule has 0 atom stereocenters. The van der Waals surface area contributed by atoms with Crippen molar-refractivity contribution in [1.82, 2.24) is 20.5 Å². The molecule has 0 radical (unpaired) electrons. The summed E-state index contributed by atoms with van der Waals surface area (Å²) in [4.78, 5) is 23.8. The number of hydrogen-bond donors (Lipinski definition) is 2. The average Bonchev–Trinajstić information content (AvgIpc) is 2.94. The maximum Gasteiger partial charge on any atom is 0.253 e. The highest BCUT2D eigenvalue weighted by atomic mass is 127. The number of guanidine groups is 1. The van der Waals surface area contributed by atoms with Gasteiger partial charge in [-0.25, -0.2) is 9.98 Å². The summed E-state index contributed by atoms with van der Waals surface area (Å²) in [6, 6.07) is 7.58. The second-order valence-electron chi connectivity index (χ2n) is 6.19. The molecule has 0 saturated heterocycles. The Morgan fingerprint density at radius 3 is 2.37 bits per heavy atom. The van der Waals surface area contributed by atoms with Crippen molar-refractivity contribution in [3.63, 3.8) is 0 Å². The summed E-state index contributed by atoms with van der Waals surface area (Å²) in [5.74, 6) is 0.775. The van der Waals surface area contributed by atoms with E-state index in [0.717, 1.165) is 28.8 Å². The van der Waals surface area contributed by atoms with Gasteiger partial charge in [0.2, 0.25) is 0 Å². The van der Waals surface area contributed by atoms with E-state index in [1.165, 1.54) is 4.88 Å². The predicted molar refractivity (Wildman–Crippen MR) is 123 cm³/mol. The van der Waals surface area contributed by atoms with E-state index in [0.29, 0.717) is 18.7 Å². The van der Waals surface area contributed by atoms with Gasteiger partial charge in [0, 0.05) is 31.1 Å². The summed E-state index contributed by atoms with van der Waals surface area (Å²) in [6.07, 6.45) is 0. The quantitative estimate of drug-likeness (QED) is 0.362. The summed E-state index contributed by atoms with van der Waals surface area (Å²) >= 11 is 1.70. The minimum atomic E-state index is 0. The largest absolute Gasteiger partial charge is 0.357 e. The van der Waals surface area contributed by atoms with Crippen molar-refractivity contribution < 1.29 is 4.79 Å². The van der Waals surface area contributed by atoms with Crippen molar-refractivity contribution >= 4 is 47.2 Å². The first-order valence-corrected chi connectivity index (χ1v) is 9.48. The van der Waals surface area contributed by atoms with Gasteiger partial charge in [0.1, 0.15) is 0 Å². The fraction of sp³-hybridized carbons (Fsp3) is 0.421. The number of hydrogen-bond acceptors (Lipinski definition) is 4. The maximum atomic E-state index is 11.9. The van der Waals surface area contributed by atoms with Gasteiger partial charge in [-0.05, 0) is 38.5 Å². The molecule has 0 fully saturated rings. The number of carbonyl (C=O) groups is 1. The van der Waals surface area contributed by atoms with Crippen LogP contribution in [0.5, 0.6) is 0 Å². The van der Waals surface area contributed by atoms with E-state index in [2.05, 4.69) is 20.6 Å². The number of rotatable bonds is 6. The fourth-order valence-electron chi connectivity index (χ4n) is 2.42. The van der Waals surface area contributed by atoms with Gasteiger partial charge in [-0.3, -0.25) is 4.79 Å². The van der Waals surface area contributed by atoms with Crippen LogP contribution in [-0.2, 0) is 13.1 Å². The maximum absolute atomic E-state index is 11.9. The molecule has 0 unspecified atom stereocenters. The molecule has 1 heterocycles. The monoisotopic (exact) mass is 501 g/mol. The molecule has 0 aliphatic carbocycles. The Bertz CT molecular complexity index is 771. The van der Waals surface area contributed by atoms with E-state index in [1.54, 1.807) is 30.3 Å². The van der Waals surface area contributed by atoms with Gasteiger partial charge < -0.3 is 15.5 Å². The van der Waals surface area contributed by atoms with Crippen LogP contribution in [0.4, 0.5) is 0 Å². The number of amides is 1. The summed E-state index contributed by atoms with van der Waals surface area (Å²) in [5.41, 5.74) is 2.81. The lowest BCUT2D eigenvalue weighted by Gasteiger charge is -2.12. The number of benzene rings is 1. The minimum Gasteiger partial charge on any atom is -0.357 e. The van der Waals surface area contributed by atoms with Crippen molar-refractivity contribution in [3.05, 3.63) is 51.0 Å². The predicted octanol–water partition coefficient (Wildman–Crippen LogP) is 3.34. The van der Waals surface area contributed by atoms with Crippen molar-refractivity contribution in [2.45, 2.75) is 33.9 Å². The Hall–Kier alpha value is -1.68. The van der Waals surface area contributed by atoms with Crippen LogP contribution < -0.4 is 10.6 Å². The second-order valence-corrected chi connectivity index (χ2v) is 7.47. The topological polar surface area (TPSA) is 69.6 Å². The zero-order valence-electron chi connectivity index (χ0n) is 16.5. The van der Waals surface area contributed by atoms with E-state index in [1.807, 2.05) is 45.0 Å². The zero-order chi connectivity index (χ0) is 19.1. The Balaban J connectivity index is 0.00000364. The van der Waals surface area contributed by atoms with Crippen LogP contribution in [0.15, 0.2) is 29.3 Å². The van der Waals surface area contributed by atoms with Crippen LogP contribution in [0.1, 0.15) is 38.4 Å². The highest BCUT2D eigenvalue weighted by Gasteiger charge is 2.08. The van der Waals surface area contributed by atoms with Crippen molar-refractivity contribution in [2.24, 2.45) is 4.99 Å². The minimum absolute atomic E-state index is 0. The van der Waals surface area contributed by atoms with Crippen molar-refractivity contribution in [2.75, 3.05) is 20.6 Å². The number of aromatic nitrogens is 1. The van der Waals surface area contributed by atoms with Gasteiger partial charge in [-0.1, -0.05) is 12.1 Å². The van der Waals surface area contributed by atoms with Crippen molar-refractivity contribution in [1.29, 1.82) is 0 Å². The zero-order valence-corrected chi connectivity index (χ0v) is 19.6. The molecule has 0 bridgehead atoms. The van der Waals surface area contributed by atoms with Crippen LogP contribution in [0.3, 0.4) is 0 Å². The number of carbonyl (C=O) groups excluding carboxylic acids is 1. The van der Waals surface area contributed by atoms with Crippen LogP contribution in [-0.4, -0.2) is 42.4 Å². The van der Waals surface area contributed by atoms with Gasteiger partial charge in [-0.15, -0.1) is 35.3 Å². The Morgan fingerprint density at radius 2 is 1.85 bits per heavy atom. The van der Waals surface area contributed by atoms with Crippen LogP contribution in [0.2, 0.25) is 0 Å². The molecule has 2 aromatic rings. The van der Waals surface area contributed by atoms with Gasteiger partial charge >= 0.3 is 0 Å². The van der Waals surface area contributed by atoms with Gasteiger partial charge in [0.05, 0.1) is 23.8 Å². The molecule has 1 amide bonds. The van der Waals surface area contributed by atoms with Crippen LogP contribution in [0.25, 0.3) is 0 Å². The molecule has 0 aliphatic heterocycles. The summed E-state index contributed by atoms with van der Waals surface area (Å²) in [5, 5.41) is 7.69. The van der Waals surface area contributed by atoms with Gasteiger partial charge in [0.15, 0.2) is 5.96 Å².